The first-order chi connectivity index (χ1) is 38.2. The minimum Gasteiger partial charge on any atom is -0.310 e. The Bertz CT molecular complexity index is 4640. The third-order valence-corrected chi connectivity index (χ3v) is 16.7. The van der Waals surface area contributed by atoms with Gasteiger partial charge in [-0.2, -0.15) is 0 Å². The topological polar surface area (TPSA) is 8.17 Å². The normalized spacial score (nSPS) is 12.8. The number of rotatable bonds is 7. The summed E-state index contributed by atoms with van der Waals surface area (Å²) in [6.07, 6.45) is 0. The Kier molecular flexibility index (Phi) is 9.58. The van der Waals surface area contributed by atoms with Crippen LogP contribution < -0.4 is 4.90 Å². The molecule has 0 atom stereocenters. The Morgan fingerprint density at radius 3 is 1.51 bits per heavy atom. The molecule has 13 aromatic carbocycles. The highest BCUT2D eigenvalue weighted by atomic mass is 15.1. The summed E-state index contributed by atoms with van der Waals surface area (Å²) in [7, 11) is 0. The fourth-order valence-electron chi connectivity index (χ4n) is 13.4. The van der Waals surface area contributed by atoms with E-state index in [4.69, 9.17) is 0 Å². The molecule has 358 valence electrons. The number of benzene rings is 13. The van der Waals surface area contributed by atoms with Gasteiger partial charge in [-0.25, -0.2) is 0 Å². The van der Waals surface area contributed by atoms with Gasteiger partial charge in [-0.05, 0) is 167 Å². The Hall–Kier alpha value is -10.0. The predicted molar refractivity (Wildman–Crippen MR) is 323 cm³/mol. The monoisotopic (exact) mass is 976 g/mol. The maximum atomic E-state index is 2.50. The van der Waals surface area contributed by atoms with E-state index in [0.717, 1.165) is 28.2 Å². The van der Waals surface area contributed by atoms with Crippen LogP contribution in [-0.2, 0) is 5.41 Å². The van der Waals surface area contributed by atoms with E-state index < -0.39 is 5.41 Å². The molecule has 0 aliphatic heterocycles. The summed E-state index contributed by atoms with van der Waals surface area (Å²) < 4.78 is 2.44. The molecule has 2 aliphatic carbocycles. The van der Waals surface area contributed by atoms with E-state index in [1.54, 1.807) is 0 Å². The van der Waals surface area contributed by atoms with Gasteiger partial charge in [0.1, 0.15) is 0 Å². The van der Waals surface area contributed by atoms with Gasteiger partial charge >= 0.3 is 0 Å². The van der Waals surface area contributed by atoms with Crippen LogP contribution in [0.15, 0.2) is 291 Å². The molecule has 2 aliphatic rings. The second kappa shape index (κ2) is 17.0. The van der Waals surface area contributed by atoms with E-state index in [-0.39, 0.29) is 0 Å². The van der Waals surface area contributed by atoms with Gasteiger partial charge in [-0.15, -0.1) is 0 Å². The Morgan fingerprint density at radius 2 is 0.740 bits per heavy atom. The fraction of sp³-hybridized carbons (Fsp3) is 0.0133. The lowest BCUT2D eigenvalue weighted by Crippen LogP contribution is -2.26. The van der Waals surface area contributed by atoms with Crippen molar-refractivity contribution in [2.24, 2.45) is 0 Å². The van der Waals surface area contributed by atoms with Crippen molar-refractivity contribution in [3.05, 3.63) is 313 Å². The summed E-state index contributed by atoms with van der Waals surface area (Å²) in [6, 6.07) is 108. The van der Waals surface area contributed by atoms with Gasteiger partial charge in [-0.3, -0.25) is 0 Å². The summed E-state index contributed by atoms with van der Waals surface area (Å²) in [5, 5.41) is 7.36. The Morgan fingerprint density at radius 1 is 0.247 bits per heavy atom. The predicted octanol–water partition coefficient (Wildman–Crippen LogP) is 19.9. The first-order valence-electron chi connectivity index (χ1n) is 26.7. The molecular weight excluding hydrogens is 929 g/mol. The first-order valence-corrected chi connectivity index (χ1v) is 26.7. The number of anilines is 3. The lowest BCUT2D eigenvalue weighted by molar-refractivity contribution is 0.793. The zero-order valence-electron chi connectivity index (χ0n) is 42.1. The minimum absolute atomic E-state index is 0.464. The molecule has 0 bridgehead atoms. The highest BCUT2D eigenvalue weighted by Gasteiger charge is 2.51. The van der Waals surface area contributed by atoms with Crippen LogP contribution in [0, 0.1) is 0 Å². The second-order valence-corrected chi connectivity index (χ2v) is 20.8. The van der Waals surface area contributed by atoms with Gasteiger partial charge in [-0.1, -0.05) is 218 Å². The third kappa shape index (κ3) is 6.56. The number of fused-ring (bicyclic) bond motifs is 15. The number of para-hydroxylation sites is 1. The van der Waals surface area contributed by atoms with Crippen molar-refractivity contribution in [2.45, 2.75) is 5.41 Å². The van der Waals surface area contributed by atoms with Crippen LogP contribution in [0.2, 0.25) is 0 Å². The maximum Gasteiger partial charge on any atom is 0.0726 e. The number of hydrogen-bond acceptors (Lipinski definition) is 1. The summed E-state index contributed by atoms with van der Waals surface area (Å²) in [5.74, 6) is 0. The SMILES string of the molecule is c1ccc(-c2ccc3cc(N(c4cccc(-c5cccc(-c6ccc7c(c6)c6ccccc6n7-c6cccc7ccccc67)c5)c4)c4ccc5c(c4)C4(c6ccccc6-c6ccccc64)c4ccccc4-5)ccc3c2)cc1. The zero-order valence-corrected chi connectivity index (χ0v) is 42.1. The molecule has 77 heavy (non-hydrogen) atoms. The first kappa shape index (κ1) is 43.4. The van der Waals surface area contributed by atoms with Crippen molar-refractivity contribution in [3.63, 3.8) is 0 Å². The maximum absolute atomic E-state index is 2.50. The van der Waals surface area contributed by atoms with Crippen LogP contribution in [0.25, 0.3) is 105 Å². The van der Waals surface area contributed by atoms with Crippen molar-refractivity contribution < 1.29 is 0 Å². The summed E-state index contributed by atoms with van der Waals surface area (Å²) in [4.78, 5) is 2.47. The van der Waals surface area contributed by atoms with Crippen molar-refractivity contribution in [1.29, 1.82) is 0 Å². The highest BCUT2D eigenvalue weighted by Crippen LogP contribution is 2.63. The third-order valence-electron chi connectivity index (χ3n) is 16.7. The quantitative estimate of drug-likeness (QED) is 0.154. The minimum atomic E-state index is -0.464. The molecule has 16 rings (SSSR count). The standard InChI is InChI=1S/C75H48N2/c1-2-17-49(18-3-1)54-35-36-56-46-59(39-37-55(56)44-54)76(60-40-41-65-64-28-8-12-32-70(64)75(71(65)48-60)68-30-10-6-26-62(68)63-27-7-11-31-69(63)75)58-24-15-23-53(45-58)51-21-14-22-52(43-51)57-38-42-74-67(47-57)66-29-9-13-33-73(66)77(74)72-34-16-20-50-19-4-5-25-61(50)72/h1-48H. The Labute approximate surface area is 447 Å². The van der Waals surface area contributed by atoms with Crippen molar-refractivity contribution in [2.75, 3.05) is 4.90 Å². The van der Waals surface area contributed by atoms with Gasteiger partial charge in [0, 0.05) is 33.2 Å². The number of hydrogen-bond donors (Lipinski definition) is 0. The molecule has 0 fully saturated rings. The zero-order chi connectivity index (χ0) is 50.6. The van der Waals surface area contributed by atoms with E-state index in [2.05, 4.69) is 301 Å². The van der Waals surface area contributed by atoms with Crippen LogP contribution >= 0.6 is 0 Å². The van der Waals surface area contributed by atoms with Crippen LogP contribution in [0.5, 0.6) is 0 Å². The van der Waals surface area contributed by atoms with Crippen LogP contribution in [0.3, 0.4) is 0 Å². The van der Waals surface area contributed by atoms with Gasteiger partial charge in [0.15, 0.2) is 0 Å². The smallest absolute Gasteiger partial charge is 0.0726 e. The summed E-state index contributed by atoms with van der Waals surface area (Å²) in [5.41, 5.74) is 24.1. The van der Waals surface area contributed by atoms with Crippen molar-refractivity contribution >= 4 is 60.4 Å². The molecule has 0 saturated heterocycles. The van der Waals surface area contributed by atoms with Crippen molar-refractivity contribution in [3.8, 4) is 61.3 Å². The average Bonchev–Trinajstić information content (AvgIpc) is 4.13. The molecule has 0 saturated carbocycles. The molecule has 0 N–H and O–H groups in total. The summed E-state index contributed by atoms with van der Waals surface area (Å²) in [6.45, 7) is 0. The largest absolute Gasteiger partial charge is 0.310 e. The molecule has 0 radical (unpaired) electrons. The van der Waals surface area contributed by atoms with Gasteiger partial charge in [0.2, 0.25) is 0 Å². The number of aromatic nitrogens is 1. The molecule has 0 amide bonds. The molecule has 1 aromatic heterocycles. The van der Waals surface area contributed by atoms with E-state index in [9.17, 15) is 0 Å². The Balaban J connectivity index is 0.845. The average molecular weight is 977 g/mol. The van der Waals surface area contributed by atoms with Crippen LogP contribution in [-0.4, -0.2) is 4.57 Å². The van der Waals surface area contributed by atoms with E-state index in [1.165, 1.54) is 116 Å². The molecule has 2 heteroatoms. The molecule has 1 spiro atoms. The molecule has 14 aromatic rings. The van der Waals surface area contributed by atoms with Crippen molar-refractivity contribution in [1.82, 2.24) is 4.57 Å². The molecule has 2 nitrogen and oxygen atoms in total. The van der Waals surface area contributed by atoms with Gasteiger partial charge in [0.05, 0.1) is 22.1 Å². The van der Waals surface area contributed by atoms with E-state index in [0.29, 0.717) is 0 Å². The lowest BCUT2D eigenvalue weighted by atomic mass is 9.70. The lowest BCUT2D eigenvalue weighted by Gasteiger charge is -2.32. The summed E-state index contributed by atoms with van der Waals surface area (Å²) >= 11 is 0. The van der Waals surface area contributed by atoms with Gasteiger partial charge < -0.3 is 9.47 Å². The fourth-order valence-corrected chi connectivity index (χ4v) is 13.4. The van der Waals surface area contributed by atoms with E-state index in [1.807, 2.05) is 0 Å². The van der Waals surface area contributed by atoms with Crippen LogP contribution in [0.1, 0.15) is 22.3 Å². The number of nitrogens with zero attached hydrogens (tertiary/aromatic N) is 2. The molecule has 0 unspecified atom stereocenters. The van der Waals surface area contributed by atoms with Crippen LogP contribution in [0.4, 0.5) is 17.1 Å². The second-order valence-electron chi connectivity index (χ2n) is 20.8. The highest BCUT2D eigenvalue weighted by molar-refractivity contribution is 6.12. The van der Waals surface area contributed by atoms with Gasteiger partial charge in [0.25, 0.3) is 0 Å². The molecule has 1 heterocycles. The van der Waals surface area contributed by atoms with E-state index >= 15 is 0 Å². The molecular formula is C75H48N2.